The number of ether oxygens (including phenoxy) is 1. The molecule has 1 saturated heterocycles. The molecule has 16 heteroatoms. The van der Waals surface area contributed by atoms with Gasteiger partial charge in [-0.2, -0.15) is 0 Å². The zero-order valence-electron chi connectivity index (χ0n) is 27.3. The molecule has 4 aromatic heterocycles. The fourth-order valence-electron chi connectivity index (χ4n) is 5.34. The number of fused-ring (bicyclic) bond motifs is 1. The first kappa shape index (κ1) is 35.2. The average molecular weight is 708 g/mol. The largest absolute Gasteiger partial charge is 0.397 e. The van der Waals surface area contributed by atoms with Crippen molar-refractivity contribution >= 4 is 73.7 Å². The Balaban J connectivity index is 0.000000221. The lowest BCUT2D eigenvalue weighted by atomic mass is 10.2. The van der Waals surface area contributed by atoms with Crippen molar-refractivity contribution in [2.75, 3.05) is 55.8 Å². The number of nitrogens with one attached hydrogen (secondary N) is 3. The Kier molecular flexibility index (Phi) is 11.1. The van der Waals surface area contributed by atoms with Crippen LogP contribution in [0.4, 0.5) is 17.1 Å². The summed E-state index contributed by atoms with van der Waals surface area (Å²) in [5.74, 6) is -1.42. The van der Waals surface area contributed by atoms with Crippen LogP contribution in [0.2, 0.25) is 5.02 Å². The summed E-state index contributed by atoms with van der Waals surface area (Å²) in [6.45, 7) is 4.93. The standard InChI is InChI=1S/C21H18ClN5O3S.C12H20N4O2/c1-26-9-11(7-14(26)19(23)28)24-20(29)15-8-12(10-27(15)2)25-21(30)18-17(22)13-5-3-4-6-16(13)31-18;1-15-9-10(13)8-11(15)12(17)14-2-3-16-4-6-18-7-5-16/h3-10H,1-2H3,(H2,23,28)(H,24,29)(H,25,30);8-9H,2-7,13H2,1H3,(H,14,17). The summed E-state index contributed by atoms with van der Waals surface area (Å²) < 4.78 is 11.0. The molecular weight excluding hydrogens is 670 g/mol. The van der Waals surface area contributed by atoms with Crippen LogP contribution in [0.5, 0.6) is 0 Å². The molecule has 258 valence electrons. The topological polar surface area (TPSA) is 184 Å². The van der Waals surface area contributed by atoms with Gasteiger partial charge in [-0.05, 0) is 24.3 Å². The minimum Gasteiger partial charge on any atom is -0.397 e. The molecule has 5 aromatic rings. The molecule has 0 spiro atoms. The molecule has 0 unspecified atom stereocenters. The van der Waals surface area contributed by atoms with E-state index in [4.69, 9.17) is 27.8 Å². The van der Waals surface area contributed by atoms with E-state index in [1.54, 1.807) is 54.0 Å². The first-order valence-corrected chi connectivity index (χ1v) is 16.5. The van der Waals surface area contributed by atoms with Crippen molar-refractivity contribution in [3.05, 3.63) is 88.0 Å². The van der Waals surface area contributed by atoms with Gasteiger partial charge in [0.2, 0.25) is 0 Å². The summed E-state index contributed by atoms with van der Waals surface area (Å²) in [4.78, 5) is 51.4. The van der Waals surface area contributed by atoms with Crippen LogP contribution in [0.1, 0.15) is 41.1 Å². The van der Waals surface area contributed by atoms with Gasteiger partial charge in [0.25, 0.3) is 23.6 Å². The monoisotopic (exact) mass is 707 g/mol. The Morgan fingerprint density at radius 3 is 2.04 bits per heavy atom. The van der Waals surface area contributed by atoms with Gasteiger partial charge in [0.05, 0.1) is 35.3 Å². The lowest BCUT2D eigenvalue weighted by Gasteiger charge is -2.26. The van der Waals surface area contributed by atoms with Gasteiger partial charge in [-0.1, -0.05) is 29.8 Å². The molecule has 1 aliphatic heterocycles. The van der Waals surface area contributed by atoms with E-state index in [2.05, 4.69) is 20.9 Å². The highest BCUT2D eigenvalue weighted by Crippen LogP contribution is 2.35. The zero-order chi connectivity index (χ0) is 35.2. The van der Waals surface area contributed by atoms with Crippen LogP contribution >= 0.6 is 22.9 Å². The molecule has 5 heterocycles. The molecule has 0 saturated carbocycles. The smallest absolute Gasteiger partial charge is 0.272 e. The summed E-state index contributed by atoms with van der Waals surface area (Å²) in [6, 6.07) is 12.3. The van der Waals surface area contributed by atoms with E-state index in [1.807, 2.05) is 31.3 Å². The predicted octanol–water partition coefficient (Wildman–Crippen LogP) is 3.50. The van der Waals surface area contributed by atoms with Gasteiger partial charge in [-0.15, -0.1) is 11.3 Å². The Bertz CT molecular complexity index is 2000. The summed E-state index contributed by atoms with van der Waals surface area (Å²) >= 11 is 7.68. The van der Waals surface area contributed by atoms with E-state index < -0.39 is 11.8 Å². The highest BCUT2D eigenvalue weighted by atomic mass is 35.5. The number of aromatic nitrogens is 3. The molecule has 6 rings (SSSR count). The fourth-order valence-corrected chi connectivity index (χ4v) is 6.75. The number of halogens is 1. The molecule has 4 amide bonds. The number of thiophene rings is 1. The van der Waals surface area contributed by atoms with E-state index in [0.29, 0.717) is 44.9 Å². The molecule has 49 heavy (non-hydrogen) atoms. The number of aryl methyl sites for hydroxylation is 3. The number of benzene rings is 1. The average Bonchev–Trinajstić information content (AvgIpc) is 3.82. The van der Waals surface area contributed by atoms with Crippen LogP contribution < -0.4 is 27.4 Å². The second-order valence-electron chi connectivity index (χ2n) is 11.4. The van der Waals surface area contributed by atoms with Crippen molar-refractivity contribution in [2.24, 2.45) is 26.9 Å². The maximum Gasteiger partial charge on any atom is 0.272 e. The van der Waals surface area contributed by atoms with Crippen LogP contribution in [0.15, 0.2) is 61.1 Å². The molecule has 7 N–H and O–H groups in total. The van der Waals surface area contributed by atoms with Gasteiger partial charge in [-0.25, -0.2) is 0 Å². The minimum atomic E-state index is -0.591. The van der Waals surface area contributed by atoms with E-state index in [1.165, 1.54) is 22.0 Å². The Morgan fingerprint density at radius 1 is 0.837 bits per heavy atom. The number of nitrogens with two attached hydrogens (primary N) is 2. The Hall–Kier alpha value is -5.09. The van der Waals surface area contributed by atoms with Gasteiger partial charge in [-0.3, -0.25) is 24.1 Å². The quantitative estimate of drug-likeness (QED) is 0.155. The second kappa shape index (κ2) is 15.4. The van der Waals surface area contributed by atoms with Crippen molar-refractivity contribution < 1.29 is 23.9 Å². The number of primary amides is 1. The van der Waals surface area contributed by atoms with Crippen molar-refractivity contribution in [3.8, 4) is 0 Å². The number of carbonyl (C=O) groups excluding carboxylic acids is 4. The second-order valence-corrected chi connectivity index (χ2v) is 12.9. The van der Waals surface area contributed by atoms with Crippen molar-refractivity contribution in [3.63, 3.8) is 0 Å². The van der Waals surface area contributed by atoms with Gasteiger partial charge in [0.15, 0.2) is 0 Å². The summed E-state index contributed by atoms with van der Waals surface area (Å²) in [6.07, 6.45) is 4.96. The van der Waals surface area contributed by atoms with E-state index in [0.717, 1.165) is 42.9 Å². The van der Waals surface area contributed by atoms with Crippen LogP contribution in [0, 0.1) is 0 Å². The van der Waals surface area contributed by atoms with Crippen molar-refractivity contribution in [1.82, 2.24) is 23.9 Å². The summed E-state index contributed by atoms with van der Waals surface area (Å²) in [7, 11) is 5.16. The highest BCUT2D eigenvalue weighted by molar-refractivity contribution is 7.21. The summed E-state index contributed by atoms with van der Waals surface area (Å²) in [5.41, 5.74) is 13.6. The maximum absolute atomic E-state index is 12.7. The third-order valence-electron chi connectivity index (χ3n) is 7.83. The van der Waals surface area contributed by atoms with E-state index >= 15 is 0 Å². The number of carbonyl (C=O) groups is 4. The lowest BCUT2D eigenvalue weighted by Crippen LogP contribution is -2.41. The number of hydrogen-bond donors (Lipinski definition) is 5. The molecule has 0 aliphatic carbocycles. The van der Waals surface area contributed by atoms with Gasteiger partial charge in [0, 0.05) is 76.0 Å². The third-order valence-corrected chi connectivity index (χ3v) is 9.50. The normalized spacial score (nSPS) is 13.1. The Morgan fingerprint density at radius 2 is 1.43 bits per heavy atom. The minimum absolute atomic E-state index is 0.0811. The van der Waals surface area contributed by atoms with Crippen molar-refractivity contribution in [1.29, 1.82) is 0 Å². The summed E-state index contributed by atoms with van der Waals surface area (Å²) in [5, 5.41) is 9.64. The lowest BCUT2D eigenvalue weighted by molar-refractivity contribution is 0.0383. The van der Waals surface area contributed by atoms with E-state index in [-0.39, 0.29) is 17.5 Å². The number of amides is 4. The molecule has 0 radical (unpaired) electrons. The maximum atomic E-state index is 12.7. The molecule has 1 fully saturated rings. The zero-order valence-corrected chi connectivity index (χ0v) is 28.9. The SMILES string of the molecule is Cn1cc(N)cc1C(=O)NCCN1CCOCC1.Cn1cc(NC(=O)c2cc(NC(=O)c3sc4ccccc4c3Cl)cn2C)cc1C(N)=O. The van der Waals surface area contributed by atoms with Crippen LogP contribution in [0.25, 0.3) is 10.1 Å². The Labute approximate surface area is 291 Å². The number of nitrogen functional groups attached to an aromatic ring is 1. The first-order valence-electron chi connectivity index (χ1n) is 15.3. The first-order chi connectivity index (χ1) is 23.4. The number of hydrogen-bond acceptors (Lipinski definition) is 8. The van der Waals surface area contributed by atoms with E-state index in [9.17, 15) is 19.2 Å². The number of nitrogens with zero attached hydrogens (tertiary/aromatic N) is 4. The van der Waals surface area contributed by atoms with Gasteiger partial charge >= 0.3 is 0 Å². The highest BCUT2D eigenvalue weighted by Gasteiger charge is 2.20. The van der Waals surface area contributed by atoms with Crippen LogP contribution in [0.3, 0.4) is 0 Å². The van der Waals surface area contributed by atoms with Crippen molar-refractivity contribution in [2.45, 2.75) is 0 Å². The molecule has 1 aromatic carbocycles. The number of morpholine rings is 1. The molecular formula is C33H38ClN9O5S. The third kappa shape index (κ3) is 8.50. The molecule has 0 bridgehead atoms. The van der Waals surface area contributed by atoms with Crippen LogP contribution in [-0.4, -0.2) is 81.6 Å². The fraction of sp³-hybridized carbons (Fsp3) is 0.273. The molecule has 0 atom stereocenters. The van der Waals surface area contributed by atoms with Gasteiger partial charge in [0.1, 0.15) is 22.0 Å². The number of anilines is 3. The van der Waals surface area contributed by atoms with Gasteiger partial charge < -0.3 is 45.9 Å². The van der Waals surface area contributed by atoms with Crippen LogP contribution in [-0.2, 0) is 25.9 Å². The molecule has 1 aliphatic rings. The predicted molar refractivity (Wildman–Crippen MR) is 192 cm³/mol. The number of rotatable bonds is 9. The molecule has 14 nitrogen and oxygen atoms in total.